The minimum absolute atomic E-state index is 0.0782. The van der Waals surface area contributed by atoms with Crippen molar-refractivity contribution in [1.29, 1.82) is 0 Å². The Morgan fingerprint density at radius 1 is 1.46 bits per heavy atom. The van der Waals surface area contributed by atoms with Crippen molar-refractivity contribution in [2.24, 2.45) is 5.92 Å². The van der Waals surface area contributed by atoms with Crippen LogP contribution in [0.1, 0.15) is 25.7 Å². The summed E-state index contributed by atoms with van der Waals surface area (Å²) < 4.78 is 26.4. The van der Waals surface area contributed by atoms with Crippen LogP contribution >= 0.6 is 0 Å². The summed E-state index contributed by atoms with van der Waals surface area (Å²) >= 11 is 0. The number of allylic oxidation sites excluding steroid dienone is 1. The van der Waals surface area contributed by atoms with Crippen molar-refractivity contribution in [2.75, 3.05) is 13.1 Å². The van der Waals surface area contributed by atoms with Gasteiger partial charge in [0.2, 0.25) is 0 Å². The van der Waals surface area contributed by atoms with Crippen LogP contribution in [0.3, 0.4) is 0 Å². The van der Waals surface area contributed by atoms with E-state index in [4.69, 9.17) is 0 Å². The van der Waals surface area contributed by atoms with Gasteiger partial charge in [-0.15, -0.1) is 0 Å². The van der Waals surface area contributed by atoms with Crippen LogP contribution in [-0.4, -0.2) is 19.0 Å². The summed E-state index contributed by atoms with van der Waals surface area (Å²) in [5.41, 5.74) is 1.17. The van der Waals surface area contributed by atoms with Crippen molar-refractivity contribution in [3.63, 3.8) is 0 Å². The molecule has 0 radical (unpaired) electrons. The first kappa shape index (κ1) is 9.13. The monoisotopic (exact) mass is 187 g/mol. The smallest absolute Gasteiger partial charge is 0.254 e. The van der Waals surface area contributed by atoms with E-state index >= 15 is 0 Å². The van der Waals surface area contributed by atoms with E-state index in [0.29, 0.717) is 12.8 Å². The Bertz CT molecular complexity index is 215. The molecule has 2 rings (SSSR count). The maximum atomic E-state index is 13.2. The van der Waals surface area contributed by atoms with Gasteiger partial charge < -0.3 is 5.32 Å². The summed E-state index contributed by atoms with van der Waals surface area (Å²) in [4.78, 5) is 0. The minimum atomic E-state index is -2.43. The largest absolute Gasteiger partial charge is 0.313 e. The van der Waals surface area contributed by atoms with E-state index in [1.54, 1.807) is 0 Å². The number of halogens is 2. The average Bonchev–Trinajstić information content (AvgIpc) is 2.63. The molecule has 0 amide bonds. The van der Waals surface area contributed by atoms with Crippen LogP contribution in [0.2, 0.25) is 0 Å². The van der Waals surface area contributed by atoms with Crippen LogP contribution in [-0.2, 0) is 0 Å². The Labute approximate surface area is 77.2 Å². The van der Waals surface area contributed by atoms with Crippen LogP contribution in [0.5, 0.6) is 0 Å². The van der Waals surface area contributed by atoms with Gasteiger partial charge in [-0.3, -0.25) is 0 Å². The molecule has 1 N–H and O–H groups in total. The van der Waals surface area contributed by atoms with Gasteiger partial charge in [-0.2, -0.15) is 0 Å². The van der Waals surface area contributed by atoms with Crippen LogP contribution in [0, 0.1) is 5.92 Å². The first-order valence-electron chi connectivity index (χ1n) is 4.96. The summed E-state index contributed by atoms with van der Waals surface area (Å²) in [7, 11) is 0. The zero-order valence-corrected chi connectivity index (χ0v) is 7.65. The molecule has 2 fully saturated rings. The summed E-state index contributed by atoms with van der Waals surface area (Å²) in [5.74, 6) is -2.92. The predicted molar refractivity (Wildman–Crippen MR) is 47.9 cm³/mol. The summed E-state index contributed by atoms with van der Waals surface area (Å²) in [5, 5.41) is 3.16. The lowest BCUT2D eigenvalue weighted by molar-refractivity contribution is -0.0202. The highest BCUT2D eigenvalue weighted by Gasteiger charge is 2.42. The van der Waals surface area contributed by atoms with E-state index < -0.39 is 11.8 Å². The quantitative estimate of drug-likeness (QED) is 0.621. The highest BCUT2D eigenvalue weighted by molar-refractivity contribution is 5.13. The molecular formula is C10H15F2N. The molecule has 0 bridgehead atoms. The molecule has 1 nitrogen and oxygen atoms in total. The third-order valence-corrected chi connectivity index (χ3v) is 2.98. The van der Waals surface area contributed by atoms with Crippen LogP contribution in [0.15, 0.2) is 11.6 Å². The molecule has 1 atom stereocenters. The lowest BCUT2D eigenvalue weighted by Gasteiger charge is -2.15. The molecule has 0 aromatic heterocycles. The molecule has 1 aliphatic carbocycles. The second-order valence-electron chi connectivity index (χ2n) is 4.01. The van der Waals surface area contributed by atoms with Crippen LogP contribution < -0.4 is 5.32 Å². The molecule has 0 spiro atoms. The summed E-state index contributed by atoms with van der Waals surface area (Å²) in [6, 6.07) is 0. The number of alkyl halides is 2. The second kappa shape index (κ2) is 3.37. The molecule has 0 aromatic carbocycles. The van der Waals surface area contributed by atoms with E-state index in [2.05, 4.69) is 5.32 Å². The topological polar surface area (TPSA) is 12.0 Å². The predicted octanol–water partition coefficient (Wildman–Crippen LogP) is 2.34. The maximum absolute atomic E-state index is 13.2. The zero-order valence-electron chi connectivity index (χ0n) is 7.65. The summed E-state index contributed by atoms with van der Waals surface area (Å²) in [6.45, 7) is 1.76. The molecule has 0 aromatic rings. The van der Waals surface area contributed by atoms with Gasteiger partial charge in [0, 0.05) is 18.9 Å². The van der Waals surface area contributed by atoms with Crippen molar-refractivity contribution < 1.29 is 8.78 Å². The van der Waals surface area contributed by atoms with Gasteiger partial charge in [0.05, 0.1) is 0 Å². The van der Waals surface area contributed by atoms with Gasteiger partial charge in [-0.05, 0) is 25.8 Å². The number of hydrogen-bond acceptors (Lipinski definition) is 1. The van der Waals surface area contributed by atoms with Crippen LogP contribution in [0.4, 0.5) is 8.78 Å². The molecular weight excluding hydrogens is 172 g/mol. The van der Waals surface area contributed by atoms with Gasteiger partial charge in [0.1, 0.15) is 0 Å². The minimum Gasteiger partial charge on any atom is -0.313 e. The molecule has 1 saturated carbocycles. The van der Waals surface area contributed by atoms with Gasteiger partial charge >= 0.3 is 0 Å². The number of rotatable bonds is 1. The fourth-order valence-corrected chi connectivity index (χ4v) is 2.17. The zero-order chi connectivity index (χ0) is 9.31. The lowest BCUT2D eigenvalue weighted by Crippen LogP contribution is -2.20. The standard InChI is InChI=1S/C10H15F2N/c11-10(12)4-1-2-9(10)6-8-3-5-13-7-8/h6,9,13H,1-5,7H2/b8-6-. The molecule has 13 heavy (non-hydrogen) atoms. The van der Waals surface area contributed by atoms with E-state index in [9.17, 15) is 8.78 Å². The Balaban J connectivity index is 2.04. The molecule has 3 heteroatoms. The SMILES string of the molecule is FC1(F)CCCC1/C=C1/CCNC1. The fourth-order valence-electron chi connectivity index (χ4n) is 2.17. The van der Waals surface area contributed by atoms with Crippen molar-refractivity contribution in [3.8, 4) is 0 Å². The molecule has 74 valence electrons. The second-order valence-corrected chi connectivity index (χ2v) is 4.01. The van der Waals surface area contributed by atoms with Gasteiger partial charge in [-0.25, -0.2) is 8.78 Å². The Kier molecular flexibility index (Phi) is 2.37. The Hall–Kier alpha value is -0.440. The van der Waals surface area contributed by atoms with Gasteiger partial charge in [-0.1, -0.05) is 11.6 Å². The lowest BCUT2D eigenvalue weighted by atomic mass is 10.0. The van der Waals surface area contributed by atoms with Crippen LogP contribution in [0.25, 0.3) is 0 Å². The first-order valence-corrected chi connectivity index (χ1v) is 4.96. The normalized spacial score (nSPS) is 35.8. The molecule has 1 aliphatic heterocycles. The third-order valence-electron chi connectivity index (χ3n) is 2.98. The van der Waals surface area contributed by atoms with Gasteiger partial charge in [0.25, 0.3) is 5.92 Å². The fraction of sp³-hybridized carbons (Fsp3) is 0.800. The van der Waals surface area contributed by atoms with Gasteiger partial charge in [0.15, 0.2) is 0 Å². The average molecular weight is 187 g/mol. The number of nitrogens with one attached hydrogen (secondary N) is 1. The van der Waals surface area contributed by atoms with E-state index in [-0.39, 0.29) is 6.42 Å². The van der Waals surface area contributed by atoms with E-state index in [0.717, 1.165) is 19.5 Å². The van der Waals surface area contributed by atoms with E-state index in [1.165, 1.54) is 5.57 Å². The molecule has 1 saturated heterocycles. The van der Waals surface area contributed by atoms with Crippen molar-refractivity contribution in [2.45, 2.75) is 31.6 Å². The molecule has 1 unspecified atom stereocenters. The van der Waals surface area contributed by atoms with Crippen molar-refractivity contribution >= 4 is 0 Å². The highest BCUT2D eigenvalue weighted by atomic mass is 19.3. The molecule has 1 heterocycles. The van der Waals surface area contributed by atoms with E-state index in [1.807, 2.05) is 6.08 Å². The summed E-state index contributed by atoms with van der Waals surface area (Å²) in [6.07, 6.45) is 4.18. The first-order chi connectivity index (χ1) is 6.18. The molecule has 2 aliphatic rings. The Morgan fingerprint density at radius 2 is 2.31 bits per heavy atom. The number of hydrogen-bond donors (Lipinski definition) is 1. The Morgan fingerprint density at radius 3 is 2.85 bits per heavy atom. The third kappa shape index (κ3) is 1.90. The maximum Gasteiger partial charge on any atom is 0.254 e. The van der Waals surface area contributed by atoms with Crippen molar-refractivity contribution in [1.82, 2.24) is 5.32 Å². The highest BCUT2D eigenvalue weighted by Crippen LogP contribution is 2.41. The van der Waals surface area contributed by atoms with Crippen molar-refractivity contribution in [3.05, 3.63) is 11.6 Å².